The standard InChI is InChI=1S/C35H42N4/c1-21-11-23-13-22(2)32(29(12-21)15-23)34-36-33(28-10-6-9-27(20-28)26-7-4-3-5-8-26)37-35(38-34)39-30-16-24-14-25(18-30)19-31(39)17-24/h3-10,20-25,29-32H,11-19H2,1-2H3. The van der Waals surface area contributed by atoms with E-state index in [-0.39, 0.29) is 0 Å². The van der Waals surface area contributed by atoms with Crippen LogP contribution in [-0.2, 0) is 0 Å². The van der Waals surface area contributed by atoms with Gasteiger partial charge in [-0.2, -0.15) is 9.97 Å². The topological polar surface area (TPSA) is 41.9 Å². The van der Waals surface area contributed by atoms with Crippen molar-refractivity contribution in [2.24, 2.45) is 35.5 Å². The molecule has 3 heterocycles. The largest absolute Gasteiger partial charge is 0.335 e. The number of piperidine rings is 2. The van der Waals surface area contributed by atoms with Gasteiger partial charge < -0.3 is 4.90 Å². The van der Waals surface area contributed by atoms with Gasteiger partial charge >= 0.3 is 0 Å². The Morgan fingerprint density at radius 3 is 2.08 bits per heavy atom. The third kappa shape index (κ3) is 4.30. The fourth-order valence-electron chi connectivity index (χ4n) is 9.99. The van der Waals surface area contributed by atoms with Crippen LogP contribution >= 0.6 is 0 Å². The molecule has 0 N–H and O–H groups in total. The van der Waals surface area contributed by atoms with Gasteiger partial charge in [0.25, 0.3) is 0 Å². The maximum atomic E-state index is 5.44. The zero-order valence-corrected chi connectivity index (χ0v) is 23.5. The molecule has 5 unspecified atom stereocenters. The Balaban J connectivity index is 1.23. The number of rotatable bonds is 4. The second kappa shape index (κ2) is 9.42. The van der Waals surface area contributed by atoms with E-state index in [0.717, 1.165) is 46.8 Å². The quantitative estimate of drug-likeness (QED) is 0.349. The number of fused-ring (bicyclic) bond motifs is 2. The molecule has 3 aromatic rings. The number of anilines is 1. The first-order chi connectivity index (χ1) is 19.1. The fourth-order valence-corrected chi connectivity index (χ4v) is 9.99. The predicted molar refractivity (Wildman–Crippen MR) is 157 cm³/mol. The van der Waals surface area contributed by atoms with Crippen molar-refractivity contribution >= 4 is 5.95 Å². The maximum absolute atomic E-state index is 5.44. The molecule has 9 rings (SSSR count). The number of nitrogens with zero attached hydrogens (tertiary/aromatic N) is 4. The molecule has 2 saturated heterocycles. The van der Waals surface area contributed by atoms with E-state index in [0.29, 0.717) is 29.8 Å². The van der Waals surface area contributed by atoms with Crippen LogP contribution in [0.2, 0.25) is 0 Å². The minimum absolute atomic E-state index is 0.444. The summed E-state index contributed by atoms with van der Waals surface area (Å²) in [6, 6.07) is 20.8. The van der Waals surface area contributed by atoms with E-state index in [9.17, 15) is 0 Å². The van der Waals surface area contributed by atoms with E-state index < -0.39 is 0 Å². The molecule has 6 aliphatic rings. The fraction of sp³-hybridized carbons (Fsp3) is 0.571. The van der Waals surface area contributed by atoms with E-state index >= 15 is 0 Å². The van der Waals surface area contributed by atoms with Gasteiger partial charge in [-0.15, -0.1) is 0 Å². The van der Waals surface area contributed by atoms with Crippen LogP contribution in [0.25, 0.3) is 22.5 Å². The van der Waals surface area contributed by atoms with Crippen LogP contribution in [0.1, 0.15) is 83.4 Å². The van der Waals surface area contributed by atoms with Crippen molar-refractivity contribution in [2.45, 2.75) is 89.6 Å². The predicted octanol–water partition coefficient (Wildman–Crippen LogP) is 8.15. The number of hydrogen-bond acceptors (Lipinski definition) is 4. The van der Waals surface area contributed by atoms with Crippen molar-refractivity contribution in [2.75, 3.05) is 4.90 Å². The summed E-state index contributed by atoms with van der Waals surface area (Å²) < 4.78 is 0. The van der Waals surface area contributed by atoms with Crippen molar-refractivity contribution < 1.29 is 0 Å². The summed E-state index contributed by atoms with van der Waals surface area (Å²) in [5, 5.41) is 0. The van der Waals surface area contributed by atoms with E-state index in [1.165, 1.54) is 68.9 Å². The molecule has 6 bridgehead atoms. The summed E-state index contributed by atoms with van der Waals surface area (Å²) in [4.78, 5) is 18.8. The van der Waals surface area contributed by atoms with Gasteiger partial charge in [0, 0.05) is 23.6 Å². The molecular formula is C35H42N4. The van der Waals surface area contributed by atoms with Crippen LogP contribution in [0.5, 0.6) is 0 Å². The van der Waals surface area contributed by atoms with Crippen LogP contribution in [0.3, 0.4) is 0 Å². The Morgan fingerprint density at radius 1 is 0.615 bits per heavy atom. The van der Waals surface area contributed by atoms with Crippen molar-refractivity contribution in [1.29, 1.82) is 0 Å². The van der Waals surface area contributed by atoms with Gasteiger partial charge in [-0.25, -0.2) is 4.98 Å². The maximum Gasteiger partial charge on any atom is 0.229 e. The van der Waals surface area contributed by atoms with Crippen molar-refractivity contribution in [3.63, 3.8) is 0 Å². The van der Waals surface area contributed by atoms with E-state index in [2.05, 4.69) is 73.3 Å². The molecule has 0 spiro atoms. The molecule has 2 aliphatic heterocycles. The zero-order chi connectivity index (χ0) is 26.1. The Hall–Kier alpha value is -2.75. The molecule has 6 fully saturated rings. The third-order valence-electron chi connectivity index (χ3n) is 11.2. The van der Waals surface area contributed by atoms with E-state index in [1.54, 1.807) is 0 Å². The third-order valence-corrected chi connectivity index (χ3v) is 11.2. The lowest BCUT2D eigenvalue weighted by molar-refractivity contribution is 0.0804. The summed E-state index contributed by atoms with van der Waals surface area (Å²) >= 11 is 0. The second-order valence-electron chi connectivity index (χ2n) is 14.1. The van der Waals surface area contributed by atoms with Gasteiger partial charge in [0.1, 0.15) is 5.82 Å². The zero-order valence-electron chi connectivity index (χ0n) is 23.5. The van der Waals surface area contributed by atoms with Crippen LogP contribution < -0.4 is 4.90 Å². The lowest BCUT2D eigenvalue weighted by Crippen LogP contribution is -2.58. The molecular weight excluding hydrogens is 476 g/mol. The Morgan fingerprint density at radius 2 is 1.31 bits per heavy atom. The lowest BCUT2D eigenvalue weighted by Gasteiger charge is -2.56. The SMILES string of the molecule is CC1CC2CC(C)C(c3nc(-c4cccc(-c5ccccc5)c4)nc(N4C5CC6CC(C5)CC4C6)n3)C(C1)C2. The van der Waals surface area contributed by atoms with E-state index in [4.69, 9.17) is 15.0 Å². The van der Waals surface area contributed by atoms with Gasteiger partial charge in [0.05, 0.1) is 0 Å². The molecule has 5 atom stereocenters. The molecule has 1 aromatic heterocycles. The molecule has 4 nitrogen and oxygen atoms in total. The van der Waals surface area contributed by atoms with E-state index in [1.807, 2.05) is 0 Å². The van der Waals surface area contributed by atoms with Crippen LogP contribution in [0.4, 0.5) is 5.95 Å². The Labute approximate surface area is 233 Å². The summed E-state index contributed by atoms with van der Waals surface area (Å²) in [6.45, 7) is 4.94. The first kappa shape index (κ1) is 24.1. The normalized spacial score (nSPS) is 36.8. The molecule has 39 heavy (non-hydrogen) atoms. The molecule has 2 aromatic carbocycles. The Bertz CT molecular complexity index is 1320. The first-order valence-electron chi connectivity index (χ1n) is 15.8. The summed E-state index contributed by atoms with van der Waals surface area (Å²) in [5.74, 6) is 8.27. The molecule has 0 radical (unpaired) electrons. The minimum atomic E-state index is 0.444. The monoisotopic (exact) mass is 518 g/mol. The highest BCUT2D eigenvalue weighted by molar-refractivity contribution is 5.70. The van der Waals surface area contributed by atoms with Gasteiger partial charge in [-0.05, 0) is 110 Å². The lowest BCUT2D eigenvalue weighted by atomic mass is 9.60. The summed E-state index contributed by atoms with van der Waals surface area (Å²) in [7, 11) is 0. The Kier molecular flexibility index (Phi) is 5.82. The van der Waals surface area contributed by atoms with Gasteiger partial charge in [0.15, 0.2) is 5.82 Å². The molecule has 4 aliphatic carbocycles. The molecule has 4 saturated carbocycles. The average molecular weight is 519 g/mol. The molecule has 4 heteroatoms. The van der Waals surface area contributed by atoms with Crippen molar-refractivity contribution in [3.8, 4) is 22.5 Å². The van der Waals surface area contributed by atoms with Gasteiger partial charge in [-0.3, -0.25) is 0 Å². The molecule has 0 amide bonds. The summed E-state index contributed by atoms with van der Waals surface area (Å²) in [6.07, 6.45) is 12.2. The van der Waals surface area contributed by atoms with Crippen LogP contribution in [-0.4, -0.2) is 27.0 Å². The number of hydrogen-bond donors (Lipinski definition) is 0. The number of benzene rings is 2. The number of aromatic nitrogens is 3. The molecule has 202 valence electrons. The average Bonchev–Trinajstić information content (AvgIpc) is 2.92. The highest BCUT2D eigenvalue weighted by Gasteiger charge is 2.48. The smallest absolute Gasteiger partial charge is 0.229 e. The van der Waals surface area contributed by atoms with Crippen molar-refractivity contribution in [1.82, 2.24) is 15.0 Å². The second-order valence-corrected chi connectivity index (χ2v) is 14.1. The summed E-state index contributed by atoms with van der Waals surface area (Å²) in [5.41, 5.74) is 3.58. The van der Waals surface area contributed by atoms with Gasteiger partial charge in [-0.1, -0.05) is 62.4 Å². The van der Waals surface area contributed by atoms with Crippen LogP contribution in [0.15, 0.2) is 54.6 Å². The van der Waals surface area contributed by atoms with Crippen LogP contribution in [0, 0.1) is 35.5 Å². The highest BCUT2D eigenvalue weighted by atomic mass is 15.3. The van der Waals surface area contributed by atoms with Crippen molar-refractivity contribution in [3.05, 3.63) is 60.4 Å². The highest BCUT2D eigenvalue weighted by Crippen LogP contribution is 2.53. The minimum Gasteiger partial charge on any atom is -0.335 e. The first-order valence-corrected chi connectivity index (χ1v) is 15.8. The van der Waals surface area contributed by atoms with Gasteiger partial charge in [0.2, 0.25) is 5.95 Å².